The Labute approximate surface area is 172 Å². The van der Waals surface area contributed by atoms with E-state index in [-0.39, 0.29) is 11.8 Å². The second kappa shape index (κ2) is 9.40. The molecule has 0 atom stereocenters. The number of nitrogens with one attached hydrogen (secondary N) is 2. The fraction of sp³-hybridized carbons (Fsp3) is 0.458. The highest BCUT2D eigenvalue weighted by Gasteiger charge is 2.21. The van der Waals surface area contributed by atoms with E-state index >= 15 is 0 Å². The summed E-state index contributed by atoms with van der Waals surface area (Å²) in [4.78, 5) is 14.7. The molecule has 0 bridgehead atoms. The minimum Gasteiger partial charge on any atom is -0.338 e. The van der Waals surface area contributed by atoms with E-state index in [1.54, 1.807) is 6.07 Å². The van der Waals surface area contributed by atoms with Gasteiger partial charge in [0.1, 0.15) is 5.82 Å². The molecule has 4 nitrogen and oxygen atoms in total. The van der Waals surface area contributed by atoms with Crippen LogP contribution in [0, 0.1) is 11.7 Å². The number of hydrogen-bond donors (Lipinski definition) is 2. The fourth-order valence-electron chi connectivity index (χ4n) is 4.52. The number of aryl methyl sites for hydroxylation is 1. The summed E-state index contributed by atoms with van der Waals surface area (Å²) >= 11 is 0. The average molecular weight is 396 g/mol. The number of amides is 2. The summed E-state index contributed by atoms with van der Waals surface area (Å²) in [5.41, 5.74) is 4.39. The van der Waals surface area contributed by atoms with Crippen LogP contribution in [0.4, 0.5) is 14.9 Å². The van der Waals surface area contributed by atoms with Crippen molar-refractivity contribution in [1.29, 1.82) is 0 Å². The first-order chi connectivity index (χ1) is 14.2. The van der Waals surface area contributed by atoms with Crippen LogP contribution in [0.15, 0.2) is 42.5 Å². The van der Waals surface area contributed by atoms with Crippen molar-refractivity contribution in [1.82, 2.24) is 10.2 Å². The average Bonchev–Trinajstić information content (AvgIpc) is 2.75. The maximum absolute atomic E-state index is 13.8. The smallest absolute Gasteiger partial charge is 0.319 e. The lowest BCUT2D eigenvalue weighted by Gasteiger charge is -2.32. The highest BCUT2D eigenvalue weighted by atomic mass is 19.1. The maximum atomic E-state index is 13.8. The normalized spacial score (nSPS) is 17.6. The van der Waals surface area contributed by atoms with Crippen molar-refractivity contribution in [3.8, 4) is 0 Å². The SMILES string of the molecule is O=C(NCC1CCN(Cc2ccccc2F)CC1)Nc1cccc2c1CCCC2. The minimum absolute atomic E-state index is 0.113. The molecular formula is C24H30FN3O. The Morgan fingerprint density at radius 1 is 1.03 bits per heavy atom. The molecule has 2 N–H and O–H groups in total. The van der Waals surface area contributed by atoms with E-state index in [4.69, 9.17) is 0 Å². The Bertz CT molecular complexity index is 846. The Balaban J connectivity index is 1.22. The van der Waals surface area contributed by atoms with E-state index in [1.165, 1.54) is 30.0 Å². The third kappa shape index (κ3) is 5.15. The molecule has 5 heteroatoms. The quantitative estimate of drug-likeness (QED) is 0.768. The zero-order chi connectivity index (χ0) is 20.1. The third-order valence-electron chi connectivity index (χ3n) is 6.25. The van der Waals surface area contributed by atoms with Gasteiger partial charge in [0.2, 0.25) is 0 Å². The number of nitrogens with zero attached hydrogens (tertiary/aromatic N) is 1. The van der Waals surface area contributed by atoms with Crippen molar-refractivity contribution in [3.63, 3.8) is 0 Å². The van der Waals surface area contributed by atoms with Crippen LogP contribution in [-0.2, 0) is 19.4 Å². The van der Waals surface area contributed by atoms with Crippen molar-refractivity contribution in [3.05, 3.63) is 65.0 Å². The zero-order valence-electron chi connectivity index (χ0n) is 16.9. The van der Waals surface area contributed by atoms with Crippen molar-refractivity contribution in [2.75, 3.05) is 25.0 Å². The molecule has 2 aromatic rings. The van der Waals surface area contributed by atoms with E-state index in [0.29, 0.717) is 19.0 Å². The van der Waals surface area contributed by atoms with E-state index in [0.717, 1.165) is 50.0 Å². The number of halogens is 1. The Kier molecular flexibility index (Phi) is 6.45. The number of rotatable bonds is 5. The highest BCUT2D eigenvalue weighted by Crippen LogP contribution is 2.27. The molecule has 1 fully saturated rings. The van der Waals surface area contributed by atoms with Gasteiger partial charge < -0.3 is 10.6 Å². The molecule has 0 spiro atoms. The van der Waals surface area contributed by atoms with Crippen LogP contribution in [0.1, 0.15) is 42.4 Å². The van der Waals surface area contributed by atoms with Crippen molar-refractivity contribution in [2.45, 2.75) is 45.1 Å². The Morgan fingerprint density at radius 2 is 1.83 bits per heavy atom. The first-order valence-electron chi connectivity index (χ1n) is 10.8. The summed E-state index contributed by atoms with van der Waals surface area (Å²) < 4.78 is 13.8. The minimum atomic E-state index is -0.129. The molecule has 0 unspecified atom stereocenters. The molecule has 1 heterocycles. The van der Waals surface area contributed by atoms with Gasteiger partial charge >= 0.3 is 6.03 Å². The van der Waals surface area contributed by atoms with Gasteiger partial charge in [-0.1, -0.05) is 30.3 Å². The molecule has 1 aliphatic heterocycles. The number of piperidine rings is 1. The summed E-state index contributed by atoms with van der Waals surface area (Å²) in [5.74, 6) is 0.346. The Morgan fingerprint density at radius 3 is 2.66 bits per heavy atom. The van der Waals surface area contributed by atoms with Gasteiger partial charge in [-0.05, 0) is 80.8 Å². The van der Waals surface area contributed by atoms with Crippen LogP contribution in [0.2, 0.25) is 0 Å². The molecule has 29 heavy (non-hydrogen) atoms. The van der Waals surface area contributed by atoms with Crippen LogP contribution >= 0.6 is 0 Å². The topological polar surface area (TPSA) is 44.4 Å². The lowest BCUT2D eigenvalue weighted by Crippen LogP contribution is -2.39. The van der Waals surface area contributed by atoms with Gasteiger partial charge in [0.15, 0.2) is 0 Å². The molecule has 2 aromatic carbocycles. The van der Waals surface area contributed by atoms with E-state index < -0.39 is 0 Å². The third-order valence-corrected chi connectivity index (χ3v) is 6.25. The van der Waals surface area contributed by atoms with Crippen LogP contribution < -0.4 is 10.6 Å². The summed E-state index contributed by atoms with van der Waals surface area (Å²) in [5, 5.41) is 6.11. The second-order valence-electron chi connectivity index (χ2n) is 8.30. The number of urea groups is 1. The van der Waals surface area contributed by atoms with Crippen LogP contribution in [-0.4, -0.2) is 30.6 Å². The monoisotopic (exact) mass is 395 g/mol. The maximum Gasteiger partial charge on any atom is 0.319 e. The predicted octanol–water partition coefficient (Wildman–Crippen LogP) is 4.74. The second-order valence-corrected chi connectivity index (χ2v) is 8.30. The van der Waals surface area contributed by atoms with Gasteiger partial charge in [0, 0.05) is 24.3 Å². The fourth-order valence-corrected chi connectivity index (χ4v) is 4.52. The van der Waals surface area contributed by atoms with Crippen LogP contribution in [0.5, 0.6) is 0 Å². The number of benzene rings is 2. The standard InChI is InChI=1S/C24H30FN3O/c25-22-10-4-2-7-20(22)17-28-14-12-18(13-15-28)16-26-24(29)27-23-11-5-8-19-6-1-3-9-21(19)23/h2,4-5,7-8,10-11,18H,1,3,6,9,12-17H2,(H2,26,27,29). The van der Waals surface area contributed by atoms with Gasteiger partial charge in [-0.15, -0.1) is 0 Å². The van der Waals surface area contributed by atoms with Gasteiger partial charge in [0.25, 0.3) is 0 Å². The number of anilines is 1. The highest BCUT2D eigenvalue weighted by molar-refractivity contribution is 5.90. The number of carbonyl (C=O) groups is 1. The zero-order valence-corrected chi connectivity index (χ0v) is 16.9. The summed E-state index contributed by atoms with van der Waals surface area (Å²) in [6.07, 6.45) is 6.63. The van der Waals surface area contributed by atoms with Crippen LogP contribution in [0.3, 0.4) is 0 Å². The lowest BCUT2D eigenvalue weighted by atomic mass is 9.90. The lowest BCUT2D eigenvalue weighted by molar-refractivity contribution is 0.174. The molecule has 0 radical (unpaired) electrons. The number of fused-ring (bicyclic) bond motifs is 1. The number of carbonyl (C=O) groups excluding carboxylic acids is 1. The molecule has 4 rings (SSSR count). The first-order valence-corrected chi connectivity index (χ1v) is 10.8. The molecule has 2 aliphatic rings. The Hall–Kier alpha value is -2.40. The van der Waals surface area contributed by atoms with Gasteiger partial charge in [-0.2, -0.15) is 0 Å². The number of likely N-dealkylation sites (tertiary alicyclic amines) is 1. The van der Waals surface area contributed by atoms with Crippen molar-refractivity contribution >= 4 is 11.7 Å². The van der Waals surface area contributed by atoms with Gasteiger partial charge in [-0.3, -0.25) is 4.90 Å². The van der Waals surface area contributed by atoms with Crippen molar-refractivity contribution in [2.24, 2.45) is 5.92 Å². The van der Waals surface area contributed by atoms with Gasteiger partial charge in [-0.25, -0.2) is 9.18 Å². The summed E-state index contributed by atoms with van der Waals surface area (Å²) in [6.45, 7) is 3.23. The first kappa shape index (κ1) is 19.9. The largest absolute Gasteiger partial charge is 0.338 e. The summed E-state index contributed by atoms with van der Waals surface area (Å²) in [7, 11) is 0. The molecule has 1 saturated heterocycles. The number of hydrogen-bond acceptors (Lipinski definition) is 2. The summed E-state index contributed by atoms with van der Waals surface area (Å²) in [6, 6.07) is 13.1. The van der Waals surface area contributed by atoms with E-state index in [2.05, 4.69) is 21.6 Å². The van der Waals surface area contributed by atoms with E-state index in [1.807, 2.05) is 24.3 Å². The predicted molar refractivity (Wildman–Crippen MR) is 115 cm³/mol. The molecular weight excluding hydrogens is 365 g/mol. The van der Waals surface area contributed by atoms with Crippen LogP contribution in [0.25, 0.3) is 0 Å². The van der Waals surface area contributed by atoms with Gasteiger partial charge in [0.05, 0.1) is 0 Å². The van der Waals surface area contributed by atoms with E-state index in [9.17, 15) is 9.18 Å². The molecule has 0 saturated carbocycles. The van der Waals surface area contributed by atoms with Crippen molar-refractivity contribution < 1.29 is 9.18 Å². The molecule has 1 aliphatic carbocycles. The molecule has 154 valence electrons. The molecule has 2 amide bonds. The molecule has 0 aromatic heterocycles.